The van der Waals surface area contributed by atoms with Crippen molar-refractivity contribution < 1.29 is 4.79 Å². The topological polar surface area (TPSA) is 42.0 Å². The van der Waals surface area contributed by atoms with Crippen LogP contribution in [0.3, 0.4) is 0 Å². The molecule has 1 N–H and O–H groups in total. The SMILES string of the molecule is CCc1ccc2nc(-c3ccc(Cl)cc3)cc(C(=O)Nc3cc(C)ccc3C)c2c1. The Kier molecular flexibility index (Phi) is 5.56. The summed E-state index contributed by atoms with van der Waals surface area (Å²) in [5, 5.41) is 4.62. The van der Waals surface area contributed by atoms with E-state index in [4.69, 9.17) is 16.6 Å². The first-order valence-corrected chi connectivity index (χ1v) is 10.4. The Balaban J connectivity index is 1.85. The van der Waals surface area contributed by atoms with Gasteiger partial charge in [0.15, 0.2) is 0 Å². The molecule has 0 spiro atoms. The van der Waals surface area contributed by atoms with Crippen LogP contribution in [0.1, 0.15) is 34.0 Å². The van der Waals surface area contributed by atoms with Gasteiger partial charge in [-0.1, -0.05) is 48.9 Å². The van der Waals surface area contributed by atoms with Crippen LogP contribution in [-0.4, -0.2) is 10.9 Å². The van der Waals surface area contributed by atoms with Crippen LogP contribution in [0.25, 0.3) is 22.2 Å². The summed E-state index contributed by atoms with van der Waals surface area (Å²) in [6.07, 6.45) is 0.896. The monoisotopic (exact) mass is 414 g/mol. The zero-order valence-electron chi connectivity index (χ0n) is 17.3. The first-order valence-electron chi connectivity index (χ1n) is 10.0. The molecular formula is C26H23ClN2O. The molecule has 0 fully saturated rings. The predicted octanol–water partition coefficient (Wildman–Crippen LogP) is 6.99. The van der Waals surface area contributed by atoms with Gasteiger partial charge in [0.25, 0.3) is 5.91 Å². The third kappa shape index (κ3) is 4.07. The third-order valence-corrected chi connectivity index (χ3v) is 5.56. The maximum absolute atomic E-state index is 13.4. The third-order valence-electron chi connectivity index (χ3n) is 5.31. The highest BCUT2D eigenvalue weighted by Gasteiger charge is 2.16. The van der Waals surface area contributed by atoms with E-state index in [0.717, 1.165) is 45.4 Å². The van der Waals surface area contributed by atoms with E-state index in [0.29, 0.717) is 10.6 Å². The van der Waals surface area contributed by atoms with Crippen molar-refractivity contribution in [1.82, 2.24) is 4.98 Å². The molecule has 4 aromatic rings. The van der Waals surface area contributed by atoms with Gasteiger partial charge < -0.3 is 5.32 Å². The Morgan fingerprint density at radius 2 is 1.73 bits per heavy atom. The van der Waals surface area contributed by atoms with E-state index in [-0.39, 0.29) is 5.91 Å². The highest BCUT2D eigenvalue weighted by Crippen LogP contribution is 2.28. The summed E-state index contributed by atoms with van der Waals surface area (Å²) in [5.74, 6) is -0.139. The number of aryl methyl sites for hydroxylation is 3. The van der Waals surface area contributed by atoms with Crippen LogP contribution in [-0.2, 0) is 6.42 Å². The molecule has 4 heteroatoms. The number of aromatic nitrogens is 1. The highest BCUT2D eigenvalue weighted by atomic mass is 35.5. The second-order valence-electron chi connectivity index (χ2n) is 7.54. The highest BCUT2D eigenvalue weighted by molar-refractivity contribution is 6.30. The largest absolute Gasteiger partial charge is 0.322 e. The first kappa shape index (κ1) is 20.1. The normalized spacial score (nSPS) is 10.9. The van der Waals surface area contributed by atoms with Crippen molar-refractivity contribution >= 4 is 34.1 Å². The average Bonchev–Trinajstić information content (AvgIpc) is 2.75. The summed E-state index contributed by atoms with van der Waals surface area (Å²) in [4.78, 5) is 18.2. The number of benzene rings is 3. The van der Waals surface area contributed by atoms with E-state index in [9.17, 15) is 4.79 Å². The maximum atomic E-state index is 13.4. The first-order chi connectivity index (χ1) is 14.4. The van der Waals surface area contributed by atoms with Gasteiger partial charge in [0.05, 0.1) is 16.8 Å². The van der Waals surface area contributed by atoms with Crippen LogP contribution in [0.15, 0.2) is 66.7 Å². The van der Waals surface area contributed by atoms with E-state index in [1.54, 1.807) is 0 Å². The quantitative estimate of drug-likeness (QED) is 0.391. The minimum Gasteiger partial charge on any atom is -0.322 e. The molecule has 150 valence electrons. The van der Waals surface area contributed by atoms with Crippen molar-refractivity contribution in [2.24, 2.45) is 0 Å². The molecule has 3 nitrogen and oxygen atoms in total. The number of amides is 1. The number of rotatable bonds is 4. The van der Waals surface area contributed by atoms with Crippen LogP contribution in [0, 0.1) is 13.8 Å². The lowest BCUT2D eigenvalue weighted by atomic mass is 10.0. The van der Waals surface area contributed by atoms with Gasteiger partial charge in [0.1, 0.15) is 0 Å². The minimum absolute atomic E-state index is 0.139. The molecular weight excluding hydrogens is 392 g/mol. The lowest BCUT2D eigenvalue weighted by molar-refractivity contribution is 0.102. The molecule has 1 aromatic heterocycles. The Bertz CT molecular complexity index is 1250. The molecule has 30 heavy (non-hydrogen) atoms. The number of anilines is 1. The standard InChI is InChI=1S/C26H23ClN2O/c1-4-18-7-12-23-21(14-18)22(15-25(28-23)19-8-10-20(27)11-9-19)26(30)29-24-13-16(2)5-6-17(24)3/h5-15H,4H2,1-3H3,(H,29,30). The summed E-state index contributed by atoms with van der Waals surface area (Å²) >= 11 is 6.04. The van der Waals surface area contributed by atoms with Gasteiger partial charge in [-0.15, -0.1) is 0 Å². The zero-order valence-corrected chi connectivity index (χ0v) is 18.0. The number of pyridine rings is 1. The van der Waals surface area contributed by atoms with Crippen molar-refractivity contribution in [2.45, 2.75) is 27.2 Å². The molecule has 0 radical (unpaired) electrons. The zero-order chi connectivity index (χ0) is 21.3. The lowest BCUT2D eigenvalue weighted by Gasteiger charge is -2.13. The van der Waals surface area contributed by atoms with Gasteiger partial charge in [-0.25, -0.2) is 4.98 Å². The van der Waals surface area contributed by atoms with Crippen molar-refractivity contribution in [2.75, 3.05) is 5.32 Å². The molecule has 0 unspecified atom stereocenters. The summed E-state index contributed by atoms with van der Waals surface area (Å²) in [5.41, 5.74) is 7.20. The molecule has 4 rings (SSSR count). The van der Waals surface area contributed by atoms with Crippen LogP contribution >= 0.6 is 11.6 Å². The van der Waals surface area contributed by atoms with Crippen LogP contribution < -0.4 is 5.32 Å². The average molecular weight is 415 g/mol. The molecule has 3 aromatic carbocycles. The fourth-order valence-electron chi connectivity index (χ4n) is 3.51. The molecule has 0 saturated carbocycles. The van der Waals surface area contributed by atoms with Gasteiger partial charge in [0.2, 0.25) is 0 Å². The molecule has 0 aliphatic rings. The summed E-state index contributed by atoms with van der Waals surface area (Å²) in [6, 6.07) is 21.5. The molecule has 0 aliphatic heterocycles. The van der Waals surface area contributed by atoms with Crippen molar-refractivity contribution in [3.8, 4) is 11.3 Å². The molecule has 1 amide bonds. The van der Waals surface area contributed by atoms with Gasteiger partial charge in [-0.2, -0.15) is 0 Å². The second kappa shape index (κ2) is 8.29. The van der Waals surface area contributed by atoms with Crippen molar-refractivity contribution in [1.29, 1.82) is 0 Å². The summed E-state index contributed by atoms with van der Waals surface area (Å²) in [6.45, 7) is 6.11. The van der Waals surface area contributed by atoms with Crippen LogP contribution in [0.4, 0.5) is 5.69 Å². The molecule has 0 saturated heterocycles. The van der Waals surface area contributed by atoms with E-state index >= 15 is 0 Å². The number of fused-ring (bicyclic) bond motifs is 1. The van der Waals surface area contributed by atoms with E-state index in [2.05, 4.69) is 24.4 Å². The van der Waals surface area contributed by atoms with Crippen molar-refractivity contribution in [3.05, 3.63) is 94.0 Å². The van der Waals surface area contributed by atoms with Crippen molar-refractivity contribution in [3.63, 3.8) is 0 Å². The number of nitrogens with one attached hydrogen (secondary N) is 1. The van der Waals surface area contributed by atoms with E-state index in [1.807, 2.05) is 68.4 Å². The number of carbonyl (C=O) groups excluding carboxylic acids is 1. The predicted molar refractivity (Wildman–Crippen MR) is 125 cm³/mol. The van der Waals surface area contributed by atoms with Gasteiger partial charge in [-0.3, -0.25) is 4.79 Å². The number of halogens is 1. The molecule has 0 aliphatic carbocycles. The lowest BCUT2D eigenvalue weighted by Crippen LogP contribution is -2.14. The Labute approximate surface area is 181 Å². The fourth-order valence-corrected chi connectivity index (χ4v) is 3.64. The van der Waals surface area contributed by atoms with Gasteiger partial charge in [-0.05, 0) is 73.4 Å². The number of hydrogen-bond donors (Lipinski definition) is 1. The summed E-state index contributed by atoms with van der Waals surface area (Å²) < 4.78 is 0. The van der Waals surface area contributed by atoms with Gasteiger partial charge in [0, 0.05) is 21.7 Å². The van der Waals surface area contributed by atoms with E-state index in [1.165, 1.54) is 5.56 Å². The Hall–Kier alpha value is -3.17. The second-order valence-corrected chi connectivity index (χ2v) is 7.98. The number of hydrogen-bond acceptors (Lipinski definition) is 2. The summed E-state index contributed by atoms with van der Waals surface area (Å²) in [7, 11) is 0. The maximum Gasteiger partial charge on any atom is 0.256 e. The molecule has 0 atom stereocenters. The minimum atomic E-state index is -0.139. The molecule has 1 heterocycles. The Morgan fingerprint density at radius 1 is 0.967 bits per heavy atom. The molecule has 0 bridgehead atoms. The smallest absolute Gasteiger partial charge is 0.256 e. The number of nitrogens with zero attached hydrogens (tertiary/aromatic N) is 1. The van der Waals surface area contributed by atoms with Crippen LogP contribution in [0.2, 0.25) is 5.02 Å². The fraction of sp³-hybridized carbons (Fsp3) is 0.154. The Morgan fingerprint density at radius 3 is 2.47 bits per heavy atom. The number of carbonyl (C=O) groups is 1. The van der Waals surface area contributed by atoms with E-state index < -0.39 is 0 Å². The van der Waals surface area contributed by atoms with Gasteiger partial charge >= 0.3 is 0 Å². The van der Waals surface area contributed by atoms with Crippen LogP contribution in [0.5, 0.6) is 0 Å².